The number of piperazine rings is 1. The van der Waals surface area contributed by atoms with Gasteiger partial charge >= 0.3 is 0 Å². The van der Waals surface area contributed by atoms with Gasteiger partial charge in [0.15, 0.2) is 5.96 Å². The normalized spacial score (nSPS) is 18.4. The van der Waals surface area contributed by atoms with Gasteiger partial charge in [-0.25, -0.2) is 0 Å². The fraction of sp³-hybridized carbons (Fsp3) is 0.619. The number of nitrogens with zero attached hydrogens (tertiary/aromatic N) is 4. The van der Waals surface area contributed by atoms with Crippen LogP contribution in [0.1, 0.15) is 5.56 Å². The predicted molar refractivity (Wildman–Crippen MR) is 118 cm³/mol. The molecule has 2 aliphatic heterocycles. The Bertz CT molecular complexity index is 731. The van der Waals surface area contributed by atoms with Crippen LogP contribution in [-0.2, 0) is 16.0 Å². The molecule has 3 rings (SSSR count). The monoisotopic (exact) mass is 437 g/mol. The van der Waals surface area contributed by atoms with Gasteiger partial charge in [-0.05, 0) is 24.1 Å². The topological polar surface area (TPSA) is 69.6 Å². The lowest BCUT2D eigenvalue weighted by molar-refractivity contribution is -0.136. The molecule has 1 aromatic rings. The van der Waals surface area contributed by atoms with E-state index in [1.807, 2.05) is 23.1 Å². The van der Waals surface area contributed by atoms with Crippen molar-refractivity contribution in [1.82, 2.24) is 20.0 Å². The molecule has 2 saturated heterocycles. The highest BCUT2D eigenvalue weighted by molar-refractivity contribution is 6.31. The number of carbonyl (C=O) groups is 1. The first-order chi connectivity index (χ1) is 14.6. The van der Waals surface area contributed by atoms with Gasteiger partial charge in [0, 0.05) is 57.9 Å². The second kappa shape index (κ2) is 11.4. The largest absolute Gasteiger partial charge is 0.497 e. The Balaban J connectivity index is 1.41. The lowest BCUT2D eigenvalue weighted by Gasteiger charge is -2.37. The maximum Gasteiger partial charge on any atom is 0.236 e. The summed E-state index contributed by atoms with van der Waals surface area (Å²) in [5.74, 6) is 1.85. The molecule has 1 N–H and O–H groups in total. The molecule has 2 heterocycles. The second-order valence-electron chi connectivity index (χ2n) is 7.44. The van der Waals surface area contributed by atoms with Crippen LogP contribution in [0.15, 0.2) is 23.2 Å². The number of amides is 1. The summed E-state index contributed by atoms with van der Waals surface area (Å²) in [6, 6.07) is 5.76. The van der Waals surface area contributed by atoms with Gasteiger partial charge in [-0.1, -0.05) is 17.7 Å². The molecule has 1 aromatic carbocycles. The van der Waals surface area contributed by atoms with E-state index >= 15 is 0 Å². The smallest absolute Gasteiger partial charge is 0.236 e. The SMILES string of the molecule is CN=C(NCCc1ccc(OC)cc1Cl)N1CCN(CC(=O)N2CCOCC2)CC1. The molecule has 0 saturated carbocycles. The highest BCUT2D eigenvalue weighted by Gasteiger charge is 2.24. The summed E-state index contributed by atoms with van der Waals surface area (Å²) in [4.78, 5) is 23.2. The van der Waals surface area contributed by atoms with Gasteiger partial charge < -0.3 is 24.6 Å². The Hall–Kier alpha value is -2.03. The number of morpholine rings is 1. The third-order valence-electron chi connectivity index (χ3n) is 5.54. The van der Waals surface area contributed by atoms with Crippen molar-refractivity contribution >= 4 is 23.5 Å². The molecule has 8 nitrogen and oxygen atoms in total. The molecule has 1 amide bonds. The number of hydrogen-bond donors (Lipinski definition) is 1. The molecule has 9 heteroatoms. The van der Waals surface area contributed by atoms with Crippen molar-refractivity contribution in [3.8, 4) is 5.75 Å². The summed E-state index contributed by atoms with van der Waals surface area (Å²) in [5, 5.41) is 4.14. The molecular formula is C21H32ClN5O3. The van der Waals surface area contributed by atoms with Gasteiger partial charge in [0.05, 0.1) is 26.9 Å². The molecule has 166 valence electrons. The molecule has 0 aromatic heterocycles. The Morgan fingerprint density at radius 3 is 2.53 bits per heavy atom. The van der Waals surface area contributed by atoms with Crippen molar-refractivity contribution in [2.24, 2.45) is 4.99 Å². The third kappa shape index (κ3) is 6.23. The van der Waals surface area contributed by atoms with Crippen molar-refractivity contribution in [1.29, 1.82) is 0 Å². The van der Waals surface area contributed by atoms with E-state index in [1.165, 1.54) is 0 Å². The summed E-state index contributed by atoms with van der Waals surface area (Å²) >= 11 is 6.33. The van der Waals surface area contributed by atoms with Crippen LogP contribution in [0.25, 0.3) is 0 Å². The number of carbonyl (C=O) groups excluding carboxylic acids is 1. The minimum absolute atomic E-state index is 0.200. The first-order valence-corrected chi connectivity index (χ1v) is 10.8. The van der Waals surface area contributed by atoms with Crippen LogP contribution >= 0.6 is 11.6 Å². The highest BCUT2D eigenvalue weighted by Crippen LogP contribution is 2.22. The van der Waals surface area contributed by atoms with E-state index in [0.29, 0.717) is 37.9 Å². The minimum Gasteiger partial charge on any atom is -0.497 e. The predicted octanol–water partition coefficient (Wildman–Crippen LogP) is 0.943. The van der Waals surface area contributed by atoms with E-state index in [1.54, 1.807) is 14.2 Å². The Morgan fingerprint density at radius 1 is 1.17 bits per heavy atom. The van der Waals surface area contributed by atoms with Crippen LogP contribution in [0.3, 0.4) is 0 Å². The third-order valence-corrected chi connectivity index (χ3v) is 5.90. The van der Waals surface area contributed by atoms with Crippen molar-refractivity contribution in [2.45, 2.75) is 6.42 Å². The number of hydrogen-bond acceptors (Lipinski definition) is 5. The maximum atomic E-state index is 12.4. The zero-order chi connectivity index (χ0) is 21.3. The van der Waals surface area contributed by atoms with Crippen LogP contribution in [0.2, 0.25) is 5.02 Å². The van der Waals surface area contributed by atoms with Crippen LogP contribution in [0.5, 0.6) is 5.75 Å². The van der Waals surface area contributed by atoms with Crippen molar-refractivity contribution in [3.63, 3.8) is 0 Å². The average Bonchev–Trinajstić information content (AvgIpc) is 2.79. The maximum absolute atomic E-state index is 12.4. The number of halogens is 1. The number of methoxy groups -OCH3 is 1. The van der Waals surface area contributed by atoms with E-state index in [0.717, 1.165) is 56.4 Å². The second-order valence-corrected chi connectivity index (χ2v) is 7.84. The summed E-state index contributed by atoms with van der Waals surface area (Å²) in [5.41, 5.74) is 1.08. The number of nitrogens with one attached hydrogen (secondary N) is 1. The highest BCUT2D eigenvalue weighted by atomic mass is 35.5. The van der Waals surface area contributed by atoms with Gasteiger partial charge in [-0.3, -0.25) is 14.7 Å². The fourth-order valence-electron chi connectivity index (χ4n) is 3.72. The first-order valence-electron chi connectivity index (χ1n) is 10.5. The fourth-order valence-corrected chi connectivity index (χ4v) is 3.99. The zero-order valence-corrected chi connectivity index (χ0v) is 18.7. The number of guanidine groups is 1. The molecular weight excluding hydrogens is 406 g/mol. The molecule has 0 bridgehead atoms. The minimum atomic E-state index is 0.200. The van der Waals surface area contributed by atoms with E-state index < -0.39 is 0 Å². The summed E-state index contributed by atoms with van der Waals surface area (Å²) < 4.78 is 10.5. The molecule has 0 aliphatic carbocycles. The molecule has 0 spiro atoms. The van der Waals surface area contributed by atoms with Crippen LogP contribution in [0, 0.1) is 0 Å². The molecule has 0 unspecified atom stereocenters. The molecule has 30 heavy (non-hydrogen) atoms. The number of benzene rings is 1. The Morgan fingerprint density at radius 2 is 1.90 bits per heavy atom. The molecule has 2 fully saturated rings. The van der Waals surface area contributed by atoms with E-state index in [-0.39, 0.29) is 5.91 Å². The number of ether oxygens (including phenoxy) is 2. The quantitative estimate of drug-likeness (QED) is 0.527. The van der Waals surface area contributed by atoms with Crippen LogP contribution in [-0.4, -0.2) is 106 Å². The van der Waals surface area contributed by atoms with Crippen molar-refractivity contribution < 1.29 is 14.3 Å². The van der Waals surface area contributed by atoms with Crippen molar-refractivity contribution in [2.75, 3.05) is 79.7 Å². The Labute approximate surface area is 183 Å². The number of aliphatic imine (C=N–C) groups is 1. The van der Waals surface area contributed by atoms with Crippen LogP contribution < -0.4 is 10.1 Å². The zero-order valence-electron chi connectivity index (χ0n) is 17.9. The summed E-state index contributed by atoms with van der Waals surface area (Å²) in [6.45, 7) is 7.30. The Kier molecular flexibility index (Phi) is 8.60. The average molecular weight is 438 g/mol. The summed E-state index contributed by atoms with van der Waals surface area (Å²) in [6.07, 6.45) is 0.801. The standard InChI is InChI=1S/C21H32ClN5O3/c1-23-21(24-6-5-17-3-4-18(29-2)15-19(17)22)27-9-7-25(8-10-27)16-20(28)26-11-13-30-14-12-26/h3-4,15H,5-14,16H2,1-2H3,(H,23,24). The van der Waals surface area contributed by atoms with Crippen molar-refractivity contribution in [3.05, 3.63) is 28.8 Å². The first kappa shape index (κ1) is 22.7. The number of rotatable bonds is 6. The van der Waals surface area contributed by atoms with Crippen LogP contribution in [0.4, 0.5) is 0 Å². The van der Waals surface area contributed by atoms with Gasteiger partial charge in [0.2, 0.25) is 5.91 Å². The van der Waals surface area contributed by atoms with E-state index in [9.17, 15) is 4.79 Å². The molecule has 0 radical (unpaired) electrons. The van der Waals surface area contributed by atoms with Gasteiger partial charge in [0.1, 0.15) is 5.75 Å². The van der Waals surface area contributed by atoms with Gasteiger partial charge in [-0.15, -0.1) is 0 Å². The molecule has 2 aliphatic rings. The van der Waals surface area contributed by atoms with Gasteiger partial charge in [-0.2, -0.15) is 0 Å². The lowest BCUT2D eigenvalue weighted by atomic mass is 10.1. The lowest BCUT2D eigenvalue weighted by Crippen LogP contribution is -2.55. The summed E-state index contributed by atoms with van der Waals surface area (Å²) in [7, 11) is 3.44. The van der Waals surface area contributed by atoms with E-state index in [4.69, 9.17) is 21.1 Å². The van der Waals surface area contributed by atoms with Gasteiger partial charge in [0.25, 0.3) is 0 Å². The molecule has 0 atom stereocenters. The van der Waals surface area contributed by atoms with E-state index in [2.05, 4.69) is 20.1 Å².